The van der Waals surface area contributed by atoms with Crippen molar-refractivity contribution in [2.75, 3.05) is 20.3 Å². The van der Waals surface area contributed by atoms with E-state index in [4.69, 9.17) is 9.47 Å². The zero-order chi connectivity index (χ0) is 12.5. The molecule has 100 valence electrons. The summed E-state index contributed by atoms with van der Waals surface area (Å²) in [6.07, 6.45) is 2.84. The summed E-state index contributed by atoms with van der Waals surface area (Å²) in [5.74, 6) is 0. The molecule has 0 bridgehead atoms. The average Bonchev–Trinajstić information content (AvgIpc) is 2.97. The first-order valence-electron chi connectivity index (χ1n) is 6.57. The molecule has 1 aliphatic heterocycles. The number of hydrogen-bond donors (Lipinski definition) is 0. The highest BCUT2D eigenvalue weighted by Gasteiger charge is 2.42. The zero-order valence-electron chi connectivity index (χ0n) is 11.0. The molecule has 0 spiro atoms. The van der Waals surface area contributed by atoms with E-state index in [0.29, 0.717) is 6.04 Å². The maximum absolute atomic E-state index is 5.91. The Kier molecular flexibility index (Phi) is 3.66. The summed E-state index contributed by atoms with van der Waals surface area (Å²) in [5.41, 5.74) is 3.11. The highest BCUT2D eigenvalue weighted by molar-refractivity contribution is 7.09. The molecule has 0 amide bonds. The molecule has 3 rings (SSSR count). The van der Waals surface area contributed by atoms with Crippen molar-refractivity contribution in [2.24, 2.45) is 0 Å². The molecule has 18 heavy (non-hydrogen) atoms. The third-order valence-corrected chi connectivity index (χ3v) is 5.06. The van der Waals surface area contributed by atoms with Crippen LogP contribution in [0.1, 0.15) is 23.4 Å². The number of rotatable bonds is 3. The molecule has 2 fully saturated rings. The topological polar surface area (TPSA) is 34.6 Å². The maximum atomic E-state index is 5.91. The Bertz CT molecular complexity index is 409. The Morgan fingerprint density at radius 3 is 3.17 bits per heavy atom. The summed E-state index contributed by atoms with van der Waals surface area (Å²) >= 11 is 1.76. The highest BCUT2D eigenvalue weighted by Crippen LogP contribution is 2.33. The van der Waals surface area contributed by atoms with Gasteiger partial charge in [-0.2, -0.15) is 0 Å². The number of aromatic nitrogens is 1. The van der Waals surface area contributed by atoms with Crippen molar-refractivity contribution in [3.8, 4) is 0 Å². The van der Waals surface area contributed by atoms with E-state index in [1.807, 2.05) is 5.51 Å². The van der Waals surface area contributed by atoms with Crippen molar-refractivity contribution in [3.05, 3.63) is 16.1 Å². The minimum absolute atomic E-state index is 0.261. The molecular formula is C13H20N2O2S. The molecule has 0 N–H and O–H groups in total. The molecular weight excluding hydrogens is 248 g/mol. The molecule has 1 saturated carbocycles. The Hall–Kier alpha value is -0.490. The SMILES string of the molecule is CO[C@H]1CC[C@@H]2[C@@H]1OCCN2Cc1scnc1C. The van der Waals surface area contributed by atoms with Crippen molar-refractivity contribution in [1.82, 2.24) is 9.88 Å². The second-order valence-corrected chi connectivity index (χ2v) is 6.03. The van der Waals surface area contributed by atoms with Crippen molar-refractivity contribution in [3.63, 3.8) is 0 Å². The first-order valence-corrected chi connectivity index (χ1v) is 7.45. The molecule has 0 aromatic carbocycles. The van der Waals surface area contributed by atoms with Crippen LogP contribution in [0.4, 0.5) is 0 Å². The average molecular weight is 268 g/mol. The van der Waals surface area contributed by atoms with E-state index in [1.54, 1.807) is 18.4 Å². The van der Waals surface area contributed by atoms with Crippen LogP contribution in [0, 0.1) is 6.92 Å². The van der Waals surface area contributed by atoms with Gasteiger partial charge in [-0.3, -0.25) is 4.90 Å². The molecule has 2 aliphatic rings. The summed E-state index contributed by atoms with van der Waals surface area (Å²) in [6.45, 7) is 4.95. The number of nitrogens with zero attached hydrogens (tertiary/aromatic N) is 2. The third kappa shape index (κ3) is 2.20. The van der Waals surface area contributed by atoms with Crippen LogP contribution in [-0.2, 0) is 16.0 Å². The van der Waals surface area contributed by atoms with Crippen molar-refractivity contribution in [1.29, 1.82) is 0 Å². The molecule has 0 radical (unpaired) electrons. The fraction of sp³-hybridized carbons (Fsp3) is 0.769. The third-order valence-electron chi connectivity index (χ3n) is 4.14. The number of methoxy groups -OCH3 is 1. The number of thiazole rings is 1. The van der Waals surface area contributed by atoms with Crippen LogP contribution in [-0.4, -0.2) is 48.4 Å². The van der Waals surface area contributed by atoms with E-state index < -0.39 is 0 Å². The number of aryl methyl sites for hydroxylation is 1. The predicted molar refractivity (Wildman–Crippen MR) is 70.8 cm³/mol. The Morgan fingerprint density at radius 2 is 2.44 bits per heavy atom. The first kappa shape index (κ1) is 12.5. The van der Waals surface area contributed by atoms with E-state index in [9.17, 15) is 0 Å². The molecule has 4 nitrogen and oxygen atoms in total. The van der Waals surface area contributed by atoms with Gasteiger partial charge in [-0.15, -0.1) is 11.3 Å². The maximum Gasteiger partial charge on any atom is 0.0991 e. The van der Waals surface area contributed by atoms with E-state index in [1.165, 1.54) is 17.0 Å². The van der Waals surface area contributed by atoms with Gasteiger partial charge in [0.1, 0.15) is 0 Å². The Balaban J connectivity index is 1.71. The fourth-order valence-electron chi connectivity index (χ4n) is 3.10. The van der Waals surface area contributed by atoms with Gasteiger partial charge in [0.15, 0.2) is 0 Å². The quantitative estimate of drug-likeness (QED) is 0.837. The van der Waals surface area contributed by atoms with E-state index in [2.05, 4.69) is 16.8 Å². The second-order valence-electron chi connectivity index (χ2n) is 5.09. The van der Waals surface area contributed by atoms with E-state index in [-0.39, 0.29) is 12.2 Å². The summed E-state index contributed by atoms with van der Waals surface area (Å²) < 4.78 is 11.4. The van der Waals surface area contributed by atoms with Gasteiger partial charge in [0.2, 0.25) is 0 Å². The smallest absolute Gasteiger partial charge is 0.0991 e. The van der Waals surface area contributed by atoms with Gasteiger partial charge in [-0.25, -0.2) is 4.98 Å². The van der Waals surface area contributed by atoms with Gasteiger partial charge >= 0.3 is 0 Å². The molecule has 1 aliphatic carbocycles. The minimum atomic E-state index is 0.261. The van der Waals surface area contributed by atoms with Gasteiger partial charge in [-0.05, 0) is 19.8 Å². The van der Waals surface area contributed by atoms with Crippen LogP contribution >= 0.6 is 11.3 Å². The number of fused-ring (bicyclic) bond motifs is 1. The van der Waals surface area contributed by atoms with Crippen LogP contribution in [0.3, 0.4) is 0 Å². The molecule has 0 unspecified atom stereocenters. The van der Waals surface area contributed by atoms with Gasteiger partial charge < -0.3 is 9.47 Å². The largest absolute Gasteiger partial charge is 0.379 e. The minimum Gasteiger partial charge on any atom is -0.379 e. The molecule has 1 aromatic heterocycles. The van der Waals surface area contributed by atoms with Gasteiger partial charge in [-0.1, -0.05) is 0 Å². The van der Waals surface area contributed by atoms with Crippen LogP contribution in [0.2, 0.25) is 0 Å². The monoisotopic (exact) mass is 268 g/mol. The lowest BCUT2D eigenvalue weighted by Crippen LogP contribution is -2.51. The number of ether oxygens (including phenoxy) is 2. The standard InChI is InChI=1S/C13H20N2O2S/c1-9-12(18-8-14-9)7-15-5-6-17-13-10(15)3-4-11(13)16-2/h8,10-11,13H,3-7H2,1-2H3/t10-,11+,13+/m1/s1. The lowest BCUT2D eigenvalue weighted by Gasteiger charge is -2.38. The molecule has 3 atom stereocenters. The molecule has 1 aromatic rings. The van der Waals surface area contributed by atoms with Crippen molar-refractivity contribution < 1.29 is 9.47 Å². The summed E-state index contributed by atoms with van der Waals surface area (Å²) in [5, 5.41) is 0. The Morgan fingerprint density at radius 1 is 1.56 bits per heavy atom. The number of hydrogen-bond acceptors (Lipinski definition) is 5. The summed E-state index contributed by atoms with van der Waals surface area (Å²) in [4.78, 5) is 8.27. The van der Waals surface area contributed by atoms with E-state index in [0.717, 1.165) is 26.1 Å². The van der Waals surface area contributed by atoms with Gasteiger partial charge in [0, 0.05) is 31.1 Å². The van der Waals surface area contributed by atoms with Crippen molar-refractivity contribution in [2.45, 2.75) is 44.6 Å². The normalized spacial score (nSPS) is 32.7. The molecule has 2 heterocycles. The lowest BCUT2D eigenvalue weighted by molar-refractivity contribution is -0.106. The molecule has 1 saturated heterocycles. The summed E-state index contributed by atoms with van der Waals surface area (Å²) in [7, 11) is 1.79. The zero-order valence-corrected chi connectivity index (χ0v) is 11.8. The van der Waals surface area contributed by atoms with Gasteiger partial charge in [0.25, 0.3) is 0 Å². The Labute approximate surface area is 112 Å². The van der Waals surface area contributed by atoms with Crippen LogP contribution < -0.4 is 0 Å². The van der Waals surface area contributed by atoms with Crippen LogP contribution in [0.5, 0.6) is 0 Å². The second kappa shape index (κ2) is 5.25. The highest BCUT2D eigenvalue weighted by atomic mass is 32.1. The van der Waals surface area contributed by atoms with Crippen LogP contribution in [0.15, 0.2) is 5.51 Å². The van der Waals surface area contributed by atoms with E-state index >= 15 is 0 Å². The first-order chi connectivity index (χ1) is 8.79. The lowest BCUT2D eigenvalue weighted by atomic mass is 10.1. The fourth-order valence-corrected chi connectivity index (χ4v) is 3.90. The molecule has 5 heteroatoms. The van der Waals surface area contributed by atoms with Crippen LogP contribution in [0.25, 0.3) is 0 Å². The number of morpholine rings is 1. The summed E-state index contributed by atoms with van der Waals surface area (Å²) in [6, 6.07) is 0.519. The van der Waals surface area contributed by atoms with Gasteiger partial charge in [0.05, 0.1) is 30.0 Å². The predicted octanol–water partition coefficient (Wildman–Crippen LogP) is 1.83. The van der Waals surface area contributed by atoms with Crippen molar-refractivity contribution >= 4 is 11.3 Å².